The van der Waals surface area contributed by atoms with E-state index in [9.17, 15) is 14.4 Å². The van der Waals surface area contributed by atoms with E-state index in [1.54, 1.807) is 23.1 Å². The van der Waals surface area contributed by atoms with Crippen LogP contribution in [0.3, 0.4) is 0 Å². The number of carbonyl (C=O) groups is 3. The molecule has 1 N–H and O–H groups in total. The third-order valence-corrected chi connectivity index (χ3v) is 6.23. The van der Waals surface area contributed by atoms with Crippen molar-refractivity contribution in [3.8, 4) is 11.5 Å². The molecule has 1 unspecified atom stereocenters. The van der Waals surface area contributed by atoms with Gasteiger partial charge >= 0.3 is 5.97 Å². The summed E-state index contributed by atoms with van der Waals surface area (Å²) in [5, 5.41) is 2.94. The maximum Gasteiger partial charge on any atom is 0.331 e. The quantitative estimate of drug-likeness (QED) is 0.775. The Labute approximate surface area is 169 Å². The molecular formula is C21H26N2O6. The molecule has 4 rings (SSSR count). The lowest BCUT2D eigenvalue weighted by Gasteiger charge is -2.38. The third-order valence-electron chi connectivity index (χ3n) is 6.23. The van der Waals surface area contributed by atoms with E-state index >= 15 is 0 Å². The van der Waals surface area contributed by atoms with Gasteiger partial charge in [-0.05, 0) is 43.7 Å². The molecule has 1 aromatic carbocycles. The van der Waals surface area contributed by atoms with Crippen molar-refractivity contribution in [1.82, 2.24) is 5.32 Å². The van der Waals surface area contributed by atoms with E-state index in [2.05, 4.69) is 12.2 Å². The summed E-state index contributed by atoms with van der Waals surface area (Å²) in [5.41, 5.74) is -0.322. The normalized spacial score (nSPS) is 28.3. The van der Waals surface area contributed by atoms with Crippen LogP contribution in [0.4, 0.5) is 5.69 Å². The molecule has 1 atom stereocenters. The smallest absolute Gasteiger partial charge is 0.331 e. The van der Waals surface area contributed by atoms with E-state index in [0.717, 1.165) is 12.8 Å². The Hall–Kier alpha value is -2.77. The number of amides is 2. The van der Waals surface area contributed by atoms with E-state index in [-0.39, 0.29) is 31.6 Å². The topological polar surface area (TPSA) is 94.2 Å². The lowest BCUT2D eigenvalue weighted by atomic mass is 9.76. The van der Waals surface area contributed by atoms with E-state index in [4.69, 9.17) is 14.2 Å². The minimum absolute atomic E-state index is 0.105. The molecule has 1 saturated heterocycles. The summed E-state index contributed by atoms with van der Waals surface area (Å²) in [6.45, 7) is 2.56. The maximum absolute atomic E-state index is 13.0. The molecule has 29 heavy (non-hydrogen) atoms. The Balaban J connectivity index is 1.46. The van der Waals surface area contributed by atoms with Crippen LogP contribution in [0.5, 0.6) is 11.5 Å². The predicted octanol–water partition coefficient (Wildman–Crippen LogP) is 2.01. The monoisotopic (exact) mass is 402 g/mol. The molecule has 3 aliphatic rings. The summed E-state index contributed by atoms with van der Waals surface area (Å²) < 4.78 is 15.7. The number of hydrogen-bond acceptors (Lipinski definition) is 6. The van der Waals surface area contributed by atoms with Gasteiger partial charge in [-0.15, -0.1) is 0 Å². The molecule has 1 saturated carbocycles. The summed E-state index contributed by atoms with van der Waals surface area (Å²) in [7, 11) is 1.34. The molecular weight excluding hydrogens is 376 g/mol. The van der Waals surface area contributed by atoms with Gasteiger partial charge in [0.2, 0.25) is 18.6 Å². The van der Waals surface area contributed by atoms with Crippen molar-refractivity contribution in [2.24, 2.45) is 11.8 Å². The molecule has 8 nitrogen and oxygen atoms in total. The van der Waals surface area contributed by atoms with Crippen molar-refractivity contribution >= 4 is 23.5 Å². The van der Waals surface area contributed by atoms with Crippen LogP contribution in [-0.4, -0.2) is 43.8 Å². The predicted molar refractivity (Wildman–Crippen MR) is 104 cm³/mol. The molecule has 2 fully saturated rings. The van der Waals surface area contributed by atoms with Gasteiger partial charge < -0.3 is 24.4 Å². The minimum Gasteiger partial charge on any atom is -0.467 e. The van der Waals surface area contributed by atoms with Crippen molar-refractivity contribution in [2.75, 3.05) is 25.3 Å². The number of fused-ring (bicyclic) bond motifs is 1. The number of benzene rings is 1. The Morgan fingerprint density at radius 3 is 2.66 bits per heavy atom. The molecule has 0 spiro atoms. The SMILES string of the molecule is COC(=O)C1(NC(=O)C2CC(=O)N(c3ccc4c(c3)OCO4)C2)CCC(C)CC1. The Bertz CT molecular complexity index is 830. The van der Waals surface area contributed by atoms with Crippen molar-refractivity contribution in [3.63, 3.8) is 0 Å². The van der Waals surface area contributed by atoms with Crippen LogP contribution < -0.4 is 19.7 Å². The second kappa shape index (κ2) is 7.57. The largest absolute Gasteiger partial charge is 0.467 e. The van der Waals surface area contributed by atoms with Gasteiger partial charge in [0.15, 0.2) is 11.5 Å². The maximum atomic E-state index is 13.0. The number of anilines is 1. The first-order chi connectivity index (χ1) is 13.9. The summed E-state index contributed by atoms with van der Waals surface area (Å²) in [6.07, 6.45) is 2.91. The lowest BCUT2D eigenvalue weighted by Crippen LogP contribution is -2.58. The van der Waals surface area contributed by atoms with Gasteiger partial charge in [-0.25, -0.2) is 4.79 Å². The molecule has 156 valence electrons. The molecule has 0 bridgehead atoms. The third kappa shape index (κ3) is 3.63. The first-order valence-corrected chi connectivity index (χ1v) is 10.0. The lowest BCUT2D eigenvalue weighted by molar-refractivity contribution is -0.153. The van der Waals surface area contributed by atoms with E-state index in [1.165, 1.54) is 7.11 Å². The highest BCUT2D eigenvalue weighted by Crippen LogP contribution is 2.38. The molecule has 0 aromatic heterocycles. The van der Waals surface area contributed by atoms with E-state index in [1.807, 2.05) is 0 Å². The number of ether oxygens (including phenoxy) is 3. The van der Waals surface area contributed by atoms with Gasteiger partial charge in [0.25, 0.3) is 0 Å². The summed E-state index contributed by atoms with van der Waals surface area (Å²) in [4.78, 5) is 39.6. The molecule has 2 aliphatic heterocycles. The van der Waals surface area contributed by atoms with Gasteiger partial charge in [-0.3, -0.25) is 9.59 Å². The number of nitrogens with one attached hydrogen (secondary N) is 1. The first kappa shape index (κ1) is 19.5. The van der Waals surface area contributed by atoms with Gasteiger partial charge in [0.1, 0.15) is 5.54 Å². The van der Waals surface area contributed by atoms with Crippen LogP contribution in [0.15, 0.2) is 18.2 Å². The zero-order valence-corrected chi connectivity index (χ0v) is 16.7. The van der Waals surface area contributed by atoms with Gasteiger partial charge in [0, 0.05) is 24.7 Å². The van der Waals surface area contributed by atoms with E-state index in [0.29, 0.717) is 35.9 Å². The van der Waals surface area contributed by atoms with Gasteiger partial charge in [-0.1, -0.05) is 6.92 Å². The van der Waals surface area contributed by atoms with Crippen molar-refractivity contribution < 1.29 is 28.6 Å². The number of methoxy groups -OCH3 is 1. The molecule has 0 radical (unpaired) electrons. The number of hydrogen-bond donors (Lipinski definition) is 1. The highest BCUT2D eigenvalue weighted by atomic mass is 16.7. The fraction of sp³-hybridized carbons (Fsp3) is 0.571. The fourth-order valence-corrected chi connectivity index (χ4v) is 4.35. The second-order valence-electron chi connectivity index (χ2n) is 8.19. The molecule has 1 aliphatic carbocycles. The van der Waals surface area contributed by atoms with Crippen LogP contribution in [0.1, 0.15) is 39.0 Å². The number of rotatable bonds is 4. The molecule has 2 amide bonds. The van der Waals surface area contributed by atoms with Crippen LogP contribution in [0, 0.1) is 11.8 Å². The number of esters is 1. The van der Waals surface area contributed by atoms with Crippen molar-refractivity contribution in [1.29, 1.82) is 0 Å². The highest BCUT2D eigenvalue weighted by molar-refractivity contribution is 6.01. The summed E-state index contributed by atoms with van der Waals surface area (Å²) in [5.74, 6) is 0.406. The zero-order valence-electron chi connectivity index (χ0n) is 16.7. The highest BCUT2D eigenvalue weighted by Gasteiger charge is 2.46. The van der Waals surface area contributed by atoms with Gasteiger partial charge in [0.05, 0.1) is 13.0 Å². The second-order valence-corrected chi connectivity index (χ2v) is 8.19. The zero-order chi connectivity index (χ0) is 20.6. The van der Waals surface area contributed by atoms with E-state index < -0.39 is 17.4 Å². The average Bonchev–Trinajstić information content (AvgIpc) is 3.35. The number of nitrogens with zero attached hydrogens (tertiary/aromatic N) is 1. The Kier molecular flexibility index (Phi) is 5.10. The Morgan fingerprint density at radius 1 is 1.21 bits per heavy atom. The summed E-state index contributed by atoms with van der Waals surface area (Å²) >= 11 is 0. The van der Waals surface area contributed by atoms with Gasteiger partial charge in [-0.2, -0.15) is 0 Å². The fourth-order valence-electron chi connectivity index (χ4n) is 4.35. The molecule has 2 heterocycles. The van der Waals surface area contributed by atoms with Crippen LogP contribution >= 0.6 is 0 Å². The Morgan fingerprint density at radius 2 is 1.93 bits per heavy atom. The van der Waals surface area contributed by atoms with Crippen LogP contribution in [0.2, 0.25) is 0 Å². The average molecular weight is 402 g/mol. The number of carbonyl (C=O) groups excluding carboxylic acids is 3. The van der Waals surface area contributed by atoms with Crippen LogP contribution in [0.25, 0.3) is 0 Å². The first-order valence-electron chi connectivity index (χ1n) is 10.0. The van der Waals surface area contributed by atoms with Crippen LogP contribution in [-0.2, 0) is 19.1 Å². The van der Waals surface area contributed by atoms with Crippen molar-refractivity contribution in [3.05, 3.63) is 18.2 Å². The minimum atomic E-state index is -0.993. The standard InChI is InChI=1S/C21H26N2O6/c1-13-5-7-21(8-6-13,20(26)27-2)22-19(25)14-9-18(24)23(11-14)15-3-4-16-17(10-15)29-12-28-16/h3-4,10,13-14H,5-9,11-12H2,1-2H3,(H,22,25). The van der Waals surface area contributed by atoms with Crippen molar-refractivity contribution in [2.45, 2.75) is 44.6 Å². The molecule has 1 aromatic rings. The molecule has 8 heteroatoms. The summed E-state index contributed by atoms with van der Waals surface area (Å²) in [6, 6.07) is 5.29.